The zero-order valence-electron chi connectivity index (χ0n) is 17.1. The normalized spacial score (nSPS) is 14.9. The van der Waals surface area contributed by atoms with E-state index in [0.717, 1.165) is 48.4 Å². The van der Waals surface area contributed by atoms with Gasteiger partial charge in [-0.15, -0.1) is 0 Å². The van der Waals surface area contributed by atoms with Gasteiger partial charge in [0.25, 0.3) is 5.91 Å². The maximum Gasteiger partial charge on any atom is 0.289 e. The van der Waals surface area contributed by atoms with Crippen molar-refractivity contribution in [3.05, 3.63) is 41.9 Å². The van der Waals surface area contributed by atoms with E-state index in [9.17, 15) is 4.79 Å². The third-order valence-corrected chi connectivity index (χ3v) is 5.47. The summed E-state index contributed by atoms with van der Waals surface area (Å²) in [5.74, 6) is 2.17. The number of fused-ring (bicyclic) bond motifs is 1. The lowest BCUT2D eigenvalue weighted by molar-refractivity contribution is 0.0941. The van der Waals surface area contributed by atoms with E-state index < -0.39 is 0 Å². The SMILES string of the molecule is COc1ccc(CNC(=O)c2nc(N3CCC(C)CC3)c3cnn(C)c3n2)cc1. The highest BCUT2D eigenvalue weighted by atomic mass is 16.5. The predicted molar refractivity (Wildman–Crippen MR) is 111 cm³/mol. The summed E-state index contributed by atoms with van der Waals surface area (Å²) in [6.45, 7) is 4.52. The van der Waals surface area contributed by atoms with Crippen molar-refractivity contribution in [3.63, 3.8) is 0 Å². The quantitative estimate of drug-likeness (QED) is 0.716. The van der Waals surface area contributed by atoms with Crippen LogP contribution in [0.4, 0.5) is 5.82 Å². The van der Waals surface area contributed by atoms with Gasteiger partial charge in [0, 0.05) is 26.7 Å². The van der Waals surface area contributed by atoms with Crippen LogP contribution in [0, 0.1) is 5.92 Å². The highest BCUT2D eigenvalue weighted by molar-refractivity contribution is 5.95. The molecule has 3 heterocycles. The van der Waals surface area contributed by atoms with Gasteiger partial charge in [0.1, 0.15) is 11.6 Å². The molecule has 8 nitrogen and oxygen atoms in total. The molecule has 0 bridgehead atoms. The van der Waals surface area contributed by atoms with Gasteiger partial charge >= 0.3 is 0 Å². The molecule has 1 fully saturated rings. The molecule has 8 heteroatoms. The van der Waals surface area contributed by atoms with E-state index in [1.54, 1.807) is 18.0 Å². The summed E-state index contributed by atoms with van der Waals surface area (Å²) in [7, 11) is 3.46. The number of aryl methyl sites for hydroxylation is 1. The number of carbonyl (C=O) groups excluding carboxylic acids is 1. The third kappa shape index (κ3) is 4.01. The van der Waals surface area contributed by atoms with Crippen molar-refractivity contribution in [1.82, 2.24) is 25.1 Å². The fourth-order valence-corrected chi connectivity index (χ4v) is 3.58. The number of nitrogens with one attached hydrogen (secondary N) is 1. The number of hydrogen-bond acceptors (Lipinski definition) is 6. The van der Waals surface area contributed by atoms with Crippen molar-refractivity contribution in [2.45, 2.75) is 26.3 Å². The van der Waals surface area contributed by atoms with Crippen LogP contribution in [-0.4, -0.2) is 45.9 Å². The van der Waals surface area contributed by atoms with Crippen LogP contribution in [0.15, 0.2) is 30.5 Å². The Labute approximate surface area is 169 Å². The largest absolute Gasteiger partial charge is 0.497 e. The Morgan fingerprint density at radius 2 is 1.93 bits per heavy atom. The van der Waals surface area contributed by atoms with Gasteiger partial charge in [0.15, 0.2) is 5.65 Å². The number of rotatable bonds is 5. The number of anilines is 1. The van der Waals surface area contributed by atoms with Gasteiger partial charge in [-0.25, -0.2) is 9.97 Å². The molecule has 29 heavy (non-hydrogen) atoms. The zero-order chi connectivity index (χ0) is 20.4. The minimum Gasteiger partial charge on any atom is -0.497 e. The first-order chi connectivity index (χ1) is 14.0. The number of nitrogens with zero attached hydrogens (tertiary/aromatic N) is 5. The molecular weight excluding hydrogens is 368 g/mol. The van der Waals surface area contributed by atoms with Crippen molar-refractivity contribution in [2.75, 3.05) is 25.1 Å². The summed E-state index contributed by atoms with van der Waals surface area (Å²) in [6.07, 6.45) is 4.01. The molecule has 1 amide bonds. The summed E-state index contributed by atoms with van der Waals surface area (Å²) < 4.78 is 6.85. The number of methoxy groups -OCH3 is 1. The van der Waals surface area contributed by atoms with Gasteiger partial charge in [0.2, 0.25) is 5.82 Å². The number of carbonyl (C=O) groups is 1. The molecule has 0 aliphatic carbocycles. The van der Waals surface area contributed by atoms with E-state index in [0.29, 0.717) is 18.1 Å². The second-order valence-electron chi connectivity index (χ2n) is 7.58. The summed E-state index contributed by atoms with van der Waals surface area (Å²) >= 11 is 0. The average molecular weight is 394 g/mol. The van der Waals surface area contributed by atoms with E-state index in [1.807, 2.05) is 31.3 Å². The third-order valence-electron chi connectivity index (χ3n) is 5.47. The highest BCUT2D eigenvalue weighted by Gasteiger charge is 2.23. The minimum absolute atomic E-state index is 0.170. The monoisotopic (exact) mass is 394 g/mol. The molecule has 152 valence electrons. The number of benzene rings is 1. The van der Waals surface area contributed by atoms with E-state index in [2.05, 4.69) is 32.2 Å². The summed E-state index contributed by atoms with van der Waals surface area (Å²) in [4.78, 5) is 24.1. The molecule has 0 atom stereocenters. The van der Waals surface area contributed by atoms with E-state index in [-0.39, 0.29) is 11.7 Å². The number of ether oxygens (including phenoxy) is 1. The average Bonchev–Trinajstić information content (AvgIpc) is 3.13. The van der Waals surface area contributed by atoms with Crippen molar-refractivity contribution in [1.29, 1.82) is 0 Å². The Hall–Kier alpha value is -3.16. The Morgan fingerprint density at radius 1 is 1.21 bits per heavy atom. The zero-order valence-corrected chi connectivity index (χ0v) is 17.1. The topological polar surface area (TPSA) is 85.2 Å². The maximum absolute atomic E-state index is 12.8. The first kappa shape index (κ1) is 19.2. The van der Waals surface area contributed by atoms with Crippen LogP contribution in [0.5, 0.6) is 5.75 Å². The number of piperidine rings is 1. The Morgan fingerprint density at radius 3 is 2.62 bits per heavy atom. The Kier molecular flexibility index (Phi) is 5.33. The van der Waals surface area contributed by atoms with Gasteiger partial charge in [-0.2, -0.15) is 5.10 Å². The highest BCUT2D eigenvalue weighted by Crippen LogP contribution is 2.27. The lowest BCUT2D eigenvalue weighted by Crippen LogP contribution is -2.34. The first-order valence-corrected chi connectivity index (χ1v) is 9.91. The van der Waals surface area contributed by atoms with Gasteiger partial charge in [0.05, 0.1) is 18.7 Å². The van der Waals surface area contributed by atoms with Crippen LogP contribution in [-0.2, 0) is 13.6 Å². The Balaban J connectivity index is 1.57. The molecule has 3 aromatic rings. The molecule has 0 radical (unpaired) electrons. The van der Waals surface area contributed by atoms with Crippen LogP contribution in [0.3, 0.4) is 0 Å². The first-order valence-electron chi connectivity index (χ1n) is 9.91. The molecule has 1 aliphatic rings. The van der Waals surface area contributed by atoms with E-state index >= 15 is 0 Å². The van der Waals surface area contributed by atoms with Crippen LogP contribution in [0.25, 0.3) is 11.0 Å². The molecule has 4 rings (SSSR count). The number of hydrogen-bond donors (Lipinski definition) is 1. The molecule has 1 aliphatic heterocycles. The molecule has 0 unspecified atom stereocenters. The van der Waals surface area contributed by atoms with Gasteiger partial charge < -0.3 is 15.0 Å². The Bertz CT molecular complexity index is 1010. The summed E-state index contributed by atoms with van der Waals surface area (Å²) in [6, 6.07) is 7.58. The molecule has 1 saturated heterocycles. The molecule has 0 saturated carbocycles. The van der Waals surface area contributed by atoms with Gasteiger partial charge in [-0.3, -0.25) is 9.48 Å². The molecule has 1 N–H and O–H groups in total. The van der Waals surface area contributed by atoms with Crippen molar-refractivity contribution < 1.29 is 9.53 Å². The van der Waals surface area contributed by atoms with Crippen LogP contribution in [0.2, 0.25) is 0 Å². The van der Waals surface area contributed by atoms with Gasteiger partial charge in [-0.05, 0) is 36.5 Å². The van der Waals surface area contributed by atoms with Gasteiger partial charge in [-0.1, -0.05) is 19.1 Å². The van der Waals surface area contributed by atoms with Crippen molar-refractivity contribution >= 4 is 22.8 Å². The summed E-state index contributed by atoms with van der Waals surface area (Å²) in [5, 5.41) is 8.12. The van der Waals surface area contributed by atoms with Crippen molar-refractivity contribution in [2.24, 2.45) is 13.0 Å². The minimum atomic E-state index is -0.296. The standard InChI is InChI=1S/C21H26N6O2/c1-14-8-10-27(11-9-14)20-17-13-23-26(2)19(17)24-18(25-20)21(28)22-12-15-4-6-16(29-3)7-5-15/h4-7,13-14H,8-12H2,1-3H3,(H,22,28). The molecule has 1 aromatic carbocycles. The second-order valence-corrected chi connectivity index (χ2v) is 7.58. The van der Waals surface area contributed by atoms with Crippen LogP contribution < -0.4 is 15.0 Å². The smallest absolute Gasteiger partial charge is 0.289 e. The van der Waals surface area contributed by atoms with Crippen molar-refractivity contribution in [3.8, 4) is 5.75 Å². The van der Waals surface area contributed by atoms with Crippen LogP contribution in [0.1, 0.15) is 35.9 Å². The predicted octanol–water partition coefficient (Wildman–Crippen LogP) is 2.54. The fourth-order valence-electron chi connectivity index (χ4n) is 3.58. The number of amides is 1. The molecular formula is C21H26N6O2. The van der Waals surface area contributed by atoms with E-state index in [1.165, 1.54) is 0 Å². The molecule has 0 spiro atoms. The van der Waals surface area contributed by atoms with Crippen LogP contribution >= 0.6 is 0 Å². The lowest BCUT2D eigenvalue weighted by Gasteiger charge is -2.31. The summed E-state index contributed by atoms with van der Waals surface area (Å²) in [5.41, 5.74) is 1.65. The second kappa shape index (κ2) is 8.06. The fraction of sp³-hybridized carbons (Fsp3) is 0.429. The lowest BCUT2D eigenvalue weighted by atomic mass is 9.99. The van der Waals surface area contributed by atoms with E-state index in [4.69, 9.17) is 4.74 Å². The number of aromatic nitrogens is 4. The maximum atomic E-state index is 12.8. The molecule has 2 aromatic heterocycles.